The van der Waals surface area contributed by atoms with E-state index in [0.717, 1.165) is 28.3 Å². The third kappa shape index (κ3) is 4.49. The first-order valence-electron chi connectivity index (χ1n) is 9.85. The van der Waals surface area contributed by atoms with E-state index < -0.39 is 24.1 Å². The zero-order valence-corrected chi connectivity index (χ0v) is 18.0. The lowest BCUT2D eigenvalue weighted by Gasteiger charge is -2.20. The number of hydrogen-bond donors (Lipinski definition) is 3. The molecule has 0 radical (unpaired) electrons. The zero-order chi connectivity index (χ0) is 22.0. The van der Waals surface area contributed by atoms with Crippen LogP contribution >= 0.6 is 15.9 Å². The lowest BCUT2D eigenvalue weighted by atomic mass is 9.98. The van der Waals surface area contributed by atoms with Gasteiger partial charge in [-0.2, -0.15) is 0 Å². The summed E-state index contributed by atoms with van der Waals surface area (Å²) in [5.74, 6) is -0.606. The van der Waals surface area contributed by atoms with E-state index in [9.17, 15) is 19.4 Å². The minimum absolute atomic E-state index is 0.0723. The highest BCUT2D eigenvalue weighted by Gasteiger charge is 2.29. The standard InChI is InChI=1S/C24H21BrFNO4/c25-21-10-9-14(26)11-19(21)23(29)22(28)12-27-24(30)31-13-20-17-7-3-1-5-15(17)16-6-2-4-8-18(16)20/h1-11,20,22-23,28-29H,12-13H2,(H,27,30). The summed E-state index contributed by atoms with van der Waals surface area (Å²) in [6.07, 6.45) is -3.41. The first-order chi connectivity index (χ1) is 15.0. The summed E-state index contributed by atoms with van der Waals surface area (Å²) >= 11 is 3.22. The quantitative estimate of drug-likeness (QED) is 0.479. The molecular weight excluding hydrogens is 465 g/mol. The number of rotatable bonds is 6. The van der Waals surface area contributed by atoms with Crippen LogP contribution in [-0.4, -0.2) is 35.6 Å². The number of aliphatic hydroxyl groups excluding tert-OH is 2. The number of halogens is 2. The van der Waals surface area contributed by atoms with Crippen LogP contribution in [0, 0.1) is 5.82 Å². The Balaban J connectivity index is 1.35. The Kier molecular flexibility index (Phi) is 6.36. The largest absolute Gasteiger partial charge is 0.449 e. The van der Waals surface area contributed by atoms with Gasteiger partial charge in [0.25, 0.3) is 0 Å². The first-order valence-corrected chi connectivity index (χ1v) is 10.6. The van der Waals surface area contributed by atoms with E-state index in [1.54, 1.807) is 0 Å². The number of ether oxygens (including phenoxy) is 1. The van der Waals surface area contributed by atoms with Crippen molar-refractivity contribution in [2.24, 2.45) is 0 Å². The fraction of sp³-hybridized carbons (Fsp3) is 0.208. The van der Waals surface area contributed by atoms with Crippen LogP contribution in [0.15, 0.2) is 71.2 Å². The summed E-state index contributed by atoms with van der Waals surface area (Å²) in [5, 5.41) is 23.0. The number of alkyl carbamates (subject to hydrolysis) is 1. The molecule has 3 N–H and O–H groups in total. The molecule has 2 atom stereocenters. The van der Waals surface area contributed by atoms with Crippen LogP contribution in [0.2, 0.25) is 0 Å². The third-order valence-corrected chi connectivity index (χ3v) is 6.16. The molecule has 0 spiro atoms. The van der Waals surface area contributed by atoms with Crippen molar-refractivity contribution >= 4 is 22.0 Å². The summed E-state index contributed by atoms with van der Waals surface area (Å²) in [6.45, 7) is -0.102. The molecule has 1 aliphatic carbocycles. The molecule has 7 heteroatoms. The number of aliphatic hydroxyl groups is 2. The summed E-state index contributed by atoms with van der Waals surface area (Å²) in [6, 6.07) is 19.8. The molecule has 2 unspecified atom stereocenters. The maximum absolute atomic E-state index is 13.4. The number of hydrogen-bond acceptors (Lipinski definition) is 4. The van der Waals surface area contributed by atoms with Crippen molar-refractivity contribution in [1.29, 1.82) is 0 Å². The summed E-state index contributed by atoms with van der Waals surface area (Å²) in [4.78, 5) is 12.2. The zero-order valence-electron chi connectivity index (χ0n) is 16.5. The van der Waals surface area contributed by atoms with E-state index in [1.165, 1.54) is 12.1 Å². The van der Waals surface area contributed by atoms with Gasteiger partial charge in [-0.15, -0.1) is 0 Å². The van der Waals surface area contributed by atoms with Crippen molar-refractivity contribution in [1.82, 2.24) is 5.32 Å². The van der Waals surface area contributed by atoms with Crippen molar-refractivity contribution < 1.29 is 24.1 Å². The lowest BCUT2D eigenvalue weighted by molar-refractivity contribution is 0.0180. The van der Waals surface area contributed by atoms with Gasteiger partial charge in [-0.3, -0.25) is 0 Å². The molecule has 0 aliphatic heterocycles. The van der Waals surface area contributed by atoms with Crippen LogP contribution in [0.3, 0.4) is 0 Å². The van der Waals surface area contributed by atoms with Crippen LogP contribution in [0.4, 0.5) is 9.18 Å². The van der Waals surface area contributed by atoms with E-state index in [1.807, 2.05) is 36.4 Å². The van der Waals surface area contributed by atoms with E-state index in [2.05, 4.69) is 33.4 Å². The maximum Gasteiger partial charge on any atom is 0.407 e. The Morgan fingerprint density at radius 2 is 1.65 bits per heavy atom. The highest BCUT2D eigenvalue weighted by Crippen LogP contribution is 2.44. The van der Waals surface area contributed by atoms with Gasteiger partial charge in [0.1, 0.15) is 24.6 Å². The SMILES string of the molecule is O=C(NCC(O)C(O)c1cc(F)ccc1Br)OCC1c2ccccc2-c2ccccc21. The molecule has 1 amide bonds. The second-order valence-electron chi connectivity index (χ2n) is 7.38. The number of carbonyl (C=O) groups is 1. The van der Waals surface area contributed by atoms with Crippen LogP contribution < -0.4 is 5.32 Å². The van der Waals surface area contributed by atoms with Gasteiger partial charge in [-0.25, -0.2) is 9.18 Å². The summed E-state index contributed by atoms with van der Waals surface area (Å²) in [7, 11) is 0. The molecule has 0 heterocycles. The molecular formula is C24H21BrFNO4. The Hall–Kier alpha value is -2.74. The molecule has 0 saturated carbocycles. The monoisotopic (exact) mass is 485 g/mol. The second-order valence-corrected chi connectivity index (χ2v) is 8.24. The second kappa shape index (κ2) is 9.18. The average Bonchev–Trinajstić information content (AvgIpc) is 3.11. The van der Waals surface area contributed by atoms with Gasteiger partial charge in [-0.1, -0.05) is 64.5 Å². The normalized spacial score (nSPS) is 14.5. The van der Waals surface area contributed by atoms with Crippen LogP contribution in [0.25, 0.3) is 11.1 Å². The van der Waals surface area contributed by atoms with Crippen molar-refractivity contribution in [3.63, 3.8) is 0 Å². The number of carbonyl (C=O) groups excluding carboxylic acids is 1. The maximum atomic E-state index is 13.4. The van der Waals surface area contributed by atoms with Gasteiger partial charge in [0.15, 0.2) is 0 Å². The Bertz CT molecular complexity index is 1060. The van der Waals surface area contributed by atoms with Crippen LogP contribution in [0.5, 0.6) is 0 Å². The fourth-order valence-electron chi connectivity index (χ4n) is 3.90. The number of fused-ring (bicyclic) bond motifs is 3. The molecule has 0 fully saturated rings. The first kappa shape index (κ1) is 21.5. The Morgan fingerprint density at radius 1 is 1.03 bits per heavy atom. The third-order valence-electron chi connectivity index (χ3n) is 5.44. The van der Waals surface area contributed by atoms with Crippen LogP contribution in [0.1, 0.15) is 28.7 Å². The fourth-order valence-corrected chi connectivity index (χ4v) is 4.38. The molecule has 0 saturated heterocycles. The van der Waals surface area contributed by atoms with Gasteiger partial charge in [0, 0.05) is 22.5 Å². The van der Waals surface area contributed by atoms with Crippen molar-refractivity contribution in [3.05, 3.63) is 93.7 Å². The van der Waals surface area contributed by atoms with Gasteiger partial charge in [0.2, 0.25) is 0 Å². The molecule has 160 valence electrons. The Labute approximate surface area is 187 Å². The van der Waals surface area contributed by atoms with Crippen LogP contribution in [-0.2, 0) is 4.74 Å². The molecule has 31 heavy (non-hydrogen) atoms. The highest BCUT2D eigenvalue weighted by molar-refractivity contribution is 9.10. The van der Waals surface area contributed by atoms with E-state index in [-0.39, 0.29) is 24.6 Å². The van der Waals surface area contributed by atoms with E-state index in [4.69, 9.17) is 4.74 Å². The molecule has 1 aliphatic rings. The van der Waals surface area contributed by atoms with Crippen molar-refractivity contribution in [2.75, 3.05) is 13.2 Å². The number of nitrogens with one attached hydrogen (secondary N) is 1. The smallest absolute Gasteiger partial charge is 0.407 e. The minimum atomic E-state index is -1.38. The van der Waals surface area contributed by atoms with E-state index in [0.29, 0.717) is 4.47 Å². The van der Waals surface area contributed by atoms with E-state index >= 15 is 0 Å². The number of amides is 1. The predicted molar refractivity (Wildman–Crippen MR) is 118 cm³/mol. The predicted octanol–water partition coefficient (Wildman–Crippen LogP) is 4.52. The van der Waals surface area contributed by atoms with Gasteiger partial charge >= 0.3 is 6.09 Å². The molecule has 3 aromatic rings. The molecule has 3 aromatic carbocycles. The summed E-state index contributed by atoms with van der Waals surface area (Å²) < 4.78 is 19.3. The lowest BCUT2D eigenvalue weighted by Crippen LogP contribution is -2.36. The molecule has 0 aromatic heterocycles. The molecule has 0 bridgehead atoms. The Morgan fingerprint density at radius 3 is 2.29 bits per heavy atom. The highest BCUT2D eigenvalue weighted by atomic mass is 79.9. The number of benzene rings is 3. The molecule has 5 nitrogen and oxygen atoms in total. The van der Waals surface area contributed by atoms with Crippen molar-refractivity contribution in [3.8, 4) is 11.1 Å². The van der Waals surface area contributed by atoms with Gasteiger partial charge < -0.3 is 20.3 Å². The molecule has 4 rings (SSSR count). The minimum Gasteiger partial charge on any atom is -0.449 e. The average molecular weight is 486 g/mol. The van der Waals surface area contributed by atoms with Gasteiger partial charge in [-0.05, 0) is 40.5 Å². The summed E-state index contributed by atoms with van der Waals surface area (Å²) in [5.41, 5.74) is 4.66. The topological polar surface area (TPSA) is 78.8 Å². The van der Waals surface area contributed by atoms with Gasteiger partial charge in [0.05, 0.1) is 0 Å². The van der Waals surface area contributed by atoms with Crippen molar-refractivity contribution in [2.45, 2.75) is 18.1 Å².